The minimum atomic E-state index is -0.996. The van der Waals surface area contributed by atoms with E-state index in [0.29, 0.717) is 24.0 Å². The smallest absolute Gasteiger partial charge is 0.259 e. The molecule has 4 aromatic rings. The summed E-state index contributed by atoms with van der Waals surface area (Å²) in [6.45, 7) is 1.71. The van der Waals surface area contributed by atoms with Crippen LogP contribution >= 0.6 is 23.1 Å². The fraction of sp³-hybridized carbons (Fsp3) is 0.368. The minimum absolute atomic E-state index is 0.459. The van der Waals surface area contributed by atoms with Crippen molar-refractivity contribution in [3.8, 4) is 15.9 Å². The summed E-state index contributed by atoms with van der Waals surface area (Å²) in [4.78, 5) is 11.1. The van der Waals surface area contributed by atoms with Crippen molar-refractivity contribution >= 4 is 34.1 Å². The van der Waals surface area contributed by atoms with Crippen LogP contribution in [-0.2, 0) is 0 Å². The first-order valence-electron chi connectivity index (χ1n) is 9.13. The molecule has 28 heavy (non-hydrogen) atoms. The molecular weight excluding hydrogens is 397 g/mol. The number of thioether (sulfide) groups is 1. The molecule has 0 amide bonds. The molecule has 0 radical (unpaired) electrons. The van der Waals surface area contributed by atoms with Gasteiger partial charge in [-0.3, -0.25) is 4.57 Å². The van der Waals surface area contributed by atoms with E-state index in [1.807, 2.05) is 34.8 Å². The molecule has 0 aliphatic heterocycles. The van der Waals surface area contributed by atoms with Crippen LogP contribution in [0.1, 0.15) is 32.6 Å². The quantitative estimate of drug-likeness (QED) is 0.451. The monoisotopic (exact) mass is 415 g/mol. The van der Waals surface area contributed by atoms with Crippen molar-refractivity contribution in [2.24, 2.45) is 0 Å². The number of pyridine rings is 1. The van der Waals surface area contributed by atoms with E-state index in [2.05, 4.69) is 26.2 Å². The lowest BCUT2D eigenvalue weighted by atomic mass is 9.88. The summed E-state index contributed by atoms with van der Waals surface area (Å²) in [5, 5.41) is 9.95. The van der Waals surface area contributed by atoms with E-state index in [0.717, 1.165) is 38.8 Å². The Kier molecular flexibility index (Phi) is 4.43. The number of alkyl halides is 1. The van der Waals surface area contributed by atoms with Crippen molar-refractivity contribution in [2.45, 2.75) is 48.4 Å². The fourth-order valence-corrected chi connectivity index (χ4v) is 5.48. The van der Waals surface area contributed by atoms with E-state index in [-0.39, 0.29) is 0 Å². The van der Waals surface area contributed by atoms with Gasteiger partial charge in [0.2, 0.25) is 6.39 Å². The normalized spacial score (nSPS) is 22.7. The summed E-state index contributed by atoms with van der Waals surface area (Å²) in [5.74, 6) is 0.462. The van der Waals surface area contributed by atoms with Gasteiger partial charge >= 0.3 is 0 Å². The molecule has 0 N–H and O–H groups in total. The van der Waals surface area contributed by atoms with Crippen molar-refractivity contribution in [3.63, 3.8) is 0 Å². The number of nitrogens with zero attached hydrogens (tertiary/aromatic N) is 5. The second kappa shape index (κ2) is 6.97. The van der Waals surface area contributed by atoms with Gasteiger partial charge in [0.1, 0.15) is 16.2 Å². The molecule has 5 rings (SSSR count). The van der Waals surface area contributed by atoms with Gasteiger partial charge in [0.05, 0.1) is 6.20 Å². The topological polar surface area (TPSA) is 69.6 Å². The molecule has 0 saturated heterocycles. The van der Waals surface area contributed by atoms with Crippen LogP contribution in [0.2, 0.25) is 0 Å². The van der Waals surface area contributed by atoms with E-state index in [9.17, 15) is 4.39 Å². The Bertz CT molecular complexity index is 1090. The summed E-state index contributed by atoms with van der Waals surface area (Å²) in [7, 11) is 0. The Morgan fingerprint density at radius 2 is 2.14 bits per heavy atom. The number of hydrogen-bond acceptors (Lipinski definition) is 7. The van der Waals surface area contributed by atoms with Crippen LogP contribution in [0.5, 0.6) is 0 Å². The van der Waals surface area contributed by atoms with E-state index in [4.69, 9.17) is 4.42 Å². The Morgan fingerprint density at radius 1 is 1.29 bits per heavy atom. The molecule has 0 unspecified atom stereocenters. The first kappa shape index (κ1) is 17.8. The summed E-state index contributed by atoms with van der Waals surface area (Å²) in [5.41, 5.74) is -0.139. The van der Waals surface area contributed by atoms with Crippen LogP contribution in [0.4, 0.5) is 4.39 Å². The summed E-state index contributed by atoms with van der Waals surface area (Å²) in [6.07, 6.45) is 10.0. The van der Waals surface area contributed by atoms with Gasteiger partial charge in [-0.05, 0) is 44.7 Å². The maximum absolute atomic E-state index is 14.0. The van der Waals surface area contributed by atoms with Gasteiger partial charge in [-0.15, -0.1) is 22.0 Å². The second-order valence-electron chi connectivity index (χ2n) is 7.25. The van der Waals surface area contributed by atoms with Crippen molar-refractivity contribution < 1.29 is 8.81 Å². The zero-order valence-corrected chi connectivity index (χ0v) is 16.8. The van der Waals surface area contributed by atoms with Gasteiger partial charge < -0.3 is 4.42 Å². The molecule has 0 aromatic carbocycles. The lowest BCUT2D eigenvalue weighted by Gasteiger charge is -2.30. The number of hydrogen-bond donors (Lipinski definition) is 0. The van der Waals surface area contributed by atoms with Crippen molar-refractivity contribution in [3.05, 3.63) is 37.1 Å². The van der Waals surface area contributed by atoms with Crippen LogP contribution in [0.3, 0.4) is 0 Å². The number of halogens is 1. The maximum atomic E-state index is 14.0. The Hall–Kier alpha value is -2.26. The zero-order valence-electron chi connectivity index (χ0n) is 15.2. The average Bonchev–Trinajstić information content (AvgIpc) is 3.42. The van der Waals surface area contributed by atoms with Gasteiger partial charge in [0.25, 0.3) is 5.89 Å². The molecular formula is C19H18FN5OS2. The highest BCUT2D eigenvalue weighted by Crippen LogP contribution is 2.40. The SMILES string of the molecule is CC1(F)CCC(Sc2cnc3c(ccn3-c3ncc(-c4nnco4)s3)c2)CC1. The lowest BCUT2D eigenvalue weighted by molar-refractivity contribution is 0.132. The second-order valence-corrected chi connectivity index (χ2v) is 9.63. The van der Waals surface area contributed by atoms with Crippen molar-refractivity contribution in [1.82, 2.24) is 24.7 Å². The molecule has 1 saturated carbocycles. The summed E-state index contributed by atoms with van der Waals surface area (Å²) in [6, 6.07) is 4.19. The van der Waals surface area contributed by atoms with Crippen molar-refractivity contribution in [1.29, 1.82) is 0 Å². The maximum Gasteiger partial charge on any atom is 0.259 e. The van der Waals surface area contributed by atoms with E-state index in [1.54, 1.807) is 13.1 Å². The third-order valence-electron chi connectivity index (χ3n) is 5.05. The molecule has 1 fully saturated rings. The third kappa shape index (κ3) is 3.44. The third-order valence-corrected chi connectivity index (χ3v) is 7.33. The largest absolute Gasteiger partial charge is 0.423 e. The molecule has 6 nitrogen and oxygen atoms in total. The lowest BCUT2D eigenvalue weighted by Crippen LogP contribution is -2.27. The summed E-state index contributed by atoms with van der Waals surface area (Å²) < 4.78 is 21.2. The van der Waals surface area contributed by atoms with Gasteiger partial charge in [-0.2, -0.15) is 0 Å². The van der Waals surface area contributed by atoms with E-state index >= 15 is 0 Å². The Balaban J connectivity index is 1.37. The van der Waals surface area contributed by atoms with E-state index < -0.39 is 5.67 Å². The zero-order chi connectivity index (χ0) is 19.1. The molecule has 4 aromatic heterocycles. The highest BCUT2D eigenvalue weighted by atomic mass is 32.2. The predicted octanol–water partition coefficient (Wildman–Crippen LogP) is 5.29. The molecule has 1 aliphatic carbocycles. The van der Waals surface area contributed by atoms with Gasteiger partial charge in [-0.1, -0.05) is 11.3 Å². The molecule has 0 atom stereocenters. The number of fused-ring (bicyclic) bond motifs is 1. The predicted molar refractivity (Wildman–Crippen MR) is 108 cm³/mol. The van der Waals surface area contributed by atoms with Crippen LogP contribution in [-0.4, -0.2) is 35.7 Å². The number of aromatic nitrogens is 5. The molecule has 144 valence electrons. The molecule has 0 spiro atoms. The standard InChI is InChI=1S/C19H18FN5OS2/c1-19(20)5-2-13(3-6-19)27-14-8-12-4-7-25(16(12)21-9-14)18-22-10-15(28-18)17-24-23-11-26-17/h4,7-11,13H,2-3,5-6H2,1H3. The van der Waals surface area contributed by atoms with Gasteiger partial charge in [-0.25, -0.2) is 14.4 Å². The number of thiazole rings is 1. The minimum Gasteiger partial charge on any atom is -0.423 e. The Labute approximate surface area is 169 Å². The fourth-order valence-electron chi connectivity index (χ4n) is 3.48. The number of rotatable bonds is 4. The highest BCUT2D eigenvalue weighted by molar-refractivity contribution is 8.00. The molecule has 9 heteroatoms. The van der Waals surface area contributed by atoms with Crippen LogP contribution < -0.4 is 0 Å². The molecule has 0 bridgehead atoms. The molecule has 4 heterocycles. The first-order valence-corrected chi connectivity index (χ1v) is 10.8. The highest BCUT2D eigenvalue weighted by Gasteiger charge is 2.31. The van der Waals surface area contributed by atoms with Crippen molar-refractivity contribution in [2.75, 3.05) is 0 Å². The van der Waals surface area contributed by atoms with Crippen LogP contribution in [0.15, 0.2) is 46.4 Å². The van der Waals surface area contributed by atoms with Crippen LogP contribution in [0, 0.1) is 0 Å². The van der Waals surface area contributed by atoms with Gasteiger partial charge in [0, 0.05) is 27.9 Å². The summed E-state index contributed by atoms with van der Waals surface area (Å²) >= 11 is 3.28. The van der Waals surface area contributed by atoms with Gasteiger partial charge in [0.15, 0.2) is 5.13 Å². The average molecular weight is 416 g/mol. The molecule has 1 aliphatic rings. The van der Waals surface area contributed by atoms with Crippen LogP contribution in [0.25, 0.3) is 26.9 Å². The Morgan fingerprint density at radius 3 is 2.93 bits per heavy atom. The van der Waals surface area contributed by atoms with E-state index in [1.165, 1.54) is 17.7 Å². The first-order chi connectivity index (χ1) is 13.6.